The Morgan fingerprint density at radius 1 is 1.33 bits per heavy atom. The molecule has 1 aliphatic rings. The third kappa shape index (κ3) is 4.20. The molecule has 1 saturated heterocycles. The summed E-state index contributed by atoms with van der Waals surface area (Å²) in [4.78, 5) is 34.0. The van der Waals surface area contributed by atoms with Crippen LogP contribution in [-0.2, 0) is 4.74 Å². The fraction of sp³-hybridized carbons (Fsp3) is 0.615. The van der Waals surface area contributed by atoms with E-state index in [9.17, 15) is 9.59 Å². The lowest BCUT2D eigenvalue weighted by atomic mass is 10.2. The maximum Gasteiger partial charge on any atom is 0.410 e. The van der Waals surface area contributed by atoms with Crippen molar-refractivity contribution >= 4 is 28.0 Å². The van der Waals surface area contributed by atoms with Crippen LogP contribution in [0.3, 0.4) is 0 Å². The van der Waals surface area contributed by atoms with Gasteiger partial charge in [-0.15, -0.1) is 0 Å². The number of piperazine rings is 1. The van der Waals surface area contributed by atoms with Gasteiger partial charge in [-0.1, -0.05) is 0 Å². The van der Waals surface area contributed by atoms with Gasteiger partial charge in [-0.2, -0.15) is 0 Å². The average molecular weight is 359 g/mol. The highest BCUT2D eigenvalue weighted by atomic mass is 79.9. The van der Waals surface area contributed by atoms with Gasteiger partial charge >= 0.3 is 6.09 Å². The molecule has 0 unspecified atom stereocenters. The Hall–Kier alpha value is -1.57. The molecule has 7 nitrogen and oxygen atoms in total. The molecule has 1 N–H and O–H groups in total. The number of anilines is 1. The van der Waals surface area contributed by atoms with E-state index in [1.807, 2.05) is 25.7 Å². The van der Waals surface area contributed by atoms with Crippen LogP contribution in [0.5, 0.6) is 0 Å². The fourth-order valence-corrected chi connectivity index (χ4v) is 2.16. The maximum absolute atomic E-state index is 12.0. The molecular formula is C13H19BrN4O3. The van der Waals surface area contributed by atoms with Gasteiger partial charge < -0.3 is 14.5 Å². The number of aromatic amines is 1. The first-order valence-corrected chi connectivity index (χ1v) is 7.53. The van der Waals surface area contributed by atoms with Gasteiger partial charge in [0.25, 0.3) is 5.56 Å². The summed E-state index contributed by atoms with van der Waals surface area (Å²) in [6.45, 7) is 7.81. The van der Waals surface area contributed by atoms with E-state index < -0.39 is 5.60 Å². The van der Waals surface area contributed by atoms with Crippen LogP contribution in [0.4, 0.5) is 10.7 Å². The molecule has 0 aliphatic carbocycles. The molecule has 2 heterocycles. The molecular weight excluding hydrogens is 340 g/mol. The number of carbonyl (C=O) groups is 1. The lowest BCUT2D eigenvalue weighted by molar-refractivity contribution is 0.0240. The number of hydrogen-bond donors (Lipinski definition) is 1. The van der Waals surface area contributed by atoms with Gasteiger partial charge in [-0.05, 0) is 36.7 Å². The van der Waals surface area contributed by atoms with E-state index in [0.717, 1.165) is 0 Å². The minimum atomic E-state index is -0.493. The molecule has 0 bridgehead atoms. The summed E-state index contributed by atoms with van der Waals surface area (Å²) in [5.74, 6) is 0.520. The van der Waals surface area contributed by atoms with Crippen molar-refractivity contribution in [2.45, 2.75) is 26.4 Å². The number of aromatic nitrogens is 2. The Labute approximate surface area is 131 Å². The van der Waals surface area contributed by atoms with Gasteiger partial charge in [-0.3, -0.25) is 9.78 Å². The Morgan fingerprint density at radius 3 is 2.48 bits per heavy atom. The van der Waals surface area contributed by atoms with Gasteiger partial charge in [-0.25, -0.2) is 9.78 Å². The number of rotatable bonds is 1. The van der Waals surface area contributed by atoms with E-state index in [1.54, 1.807) is 4.90 Å². The van der Waals surface area contributed by atoms with Gasteiger partial charge in [0.2, 0.25) is 5.95 Å². The Kier molecular flexibility index (Phi) is 4.55. The molecule has 1 aromatic heterocycles. The van der Waals surface area contributed by atoms with Crippen molar-refractivity contribution in [3.8, 4) is 0 Å². The van der Waals surface area contributed by atoms with Crippen LogP contribution >= 0.6 is 15.9 Å². The monoisotopic (exact) mass is 358 g/mol. The minimum absolute atomic E-state index is 0.213. The Balaban J connectivity index is 1.95. The number of hydrogen-bond acceptors (Lipinski definition) is 5. The second kappa shape index (κ2) is 6.05. The van der Waals surface area contributed by atoms with E-state index in [2.05, 4.69) is 25.9 Å². The number of carbonyl (C=O) groups excluding carboxylic acids is 1. The number of amides is 1. The quantitative estimate of drug-likeness (QED) is 0.824. The van der Waals surface area contributed by atoms with Crippen molar-refractivity contribution in [2.24, 2.45) is 0 Å². The van der Waals surface area contributed by atoms with Gasteiger partial charge in [0.15, 0.2) is 0 Å². The second-order valence-electron chi connectivity index (χ2n) is 5.84. The minimum Gasteiger partial charge on any atom is -0.444 e. The molecule has 1 aromatic rings. The molecule has 0 spiro atoms. The first-order chi connectivity index (χ1) is 9.76. The maximum atomic E-state index is 12.0. The van der Waals surface area contributed by atoms with Gasteiger partial charge in [0.1, 0.15) is 10.1 Å². The van der Waals surface area contributed by atoms with Crippen molar-refractivity contribution in [1.29, 1.82) is 0 Å². The van der Waals surface area contributed by atoms with Crippen LogP contribution in [0.1, 0.15) is 20.8 Å². The molecule has 1 fully saturated rings. The van der Waals surface area contributed by atoms with E-state index in [-0.39, 0.29) is 11.7 Å². The largest absolute Gasteiger partial charge is 0.444 e. The SMILES string of the molecule is CC(C)(C)OC(=O)N1CCN(c2ncc(Br)c(=O)[nH]2)CC1. The summed E-state index contributed by atoms with van der Waals surface area (Å²) >= 11 is 3.12. The first kappa shape index (κ1) is 15.8. The predicted octanol–water partition coefficient (Wildman–Crippen LogP) is 1.59. The zero-order chi connectivity index (χ0) is 15.6. The lowest BCUT2D eigenvalue weighted by Gasteiger charge is -2.35. The van der Waals surface area contributed by atoms with Crippen molar-refractivity contribution in [3.63, 3.8) is 0 Å². The number of H-pyrrole nitrogens is 1. The number of halogens is 1. The highest BCUT2D eigenvalue weighted by molar-refractivity contribution is 9.10. The molecule has 0 atom stereocenters. The smallest absolute Gasteiger partial charge is 0.410 e. The molecule has 2 rings (SSSR count). The zero-order valence-electron chi connectivity index (χ0n) is 12.4. The molecule has 0 radical (unpaired) electrons. The lowest BCUT2D eigenvalue weighted by Crippen LogP contribution is -2.50. The van der Waals surface area contributed by atoms with Crippen LogP contribution in [-0.4, -0.2) is 52.7 Å². The Bertz CT molecular complexity index is 574. The summed E-state index contributed by atoms with van der Waals surface area (Å²) in [7, 11) is 0. The van der Waals surface area contributed by atoms with Gasteiger partial charge in [0, 0.05) is 26.2 Å². The normalized spacial score (nSPS) is 16.0. The summed E-state index contributed by atoms with van der Waals surface area (Å²) < 4.78 is 5.74. The summed E-state index contributed by atoms with van der Waals surface area (Å²) in [6.07, 6.45) is 1.17. The van der Waals surface area contributed by atoms with E-state index in [4.69, 9.17) is 4.74 Å². The molecule has 1 aliphatic heterocycles. The van der Waals surface area contributed by atoms with Crippen LogP contribution in [0.25, 0.3) is 0 Å². The van der Waals surface area contributed by atoms with E-state index in [1.165, 1.54) is 6.20 Å². The van der Waals surface area contributed by atoms with Crippen molar-refractivity contribution in [3.05, 3.63) is 21.0 Å². The van der Waals surface area contributed by atoms with Crippen LogP contribution in [0.2, 0.25) is 0 Å². The van der Waals surface area contributed by atoms with Gasteiger partial charge in [0.05, 0.1) is 6.20 Å². The first-order valence-electron chi connectivity index (χ1n) is 6.74. The van der Waals surface area contributed by atoms with Crippen LogP contribution < -0.4 is 10.5 Å². The van der Waals surface area contributed by atoms with Crippen molar-refractivity contribution in [1.82, 2.24) is 14.9 Å². The van der Waals surface area contributed by atoms with Crippen molar-refractivity contribution in [2.75, 3.05) is 31.1 Å². The topological polar surface area (TPSA) is 78.5 Å². The summed E-state index contributed by atoms with van der Waals surface area (Å²) in [5.41, 5.74) is -0.707. The molecule has 8 heteroatoms. The molecule has 0 aromatic carbocycles. The zero-order valence-corrected chi connectivity index (χ0v) is 13.9. The van der Waals surface area contributed by atoms with Crippen LogP contribution in [0.15, 0.2) is 15.5 Å². The van der Waals surface area contributed by atoms with E-state index >= 15 is 0 Å². The average Bonchev–Trinajstić information content (AvgIpc) is 2.40. The summed E-state index contributed by atoms with van der Waals surface area (Å²) in [5, 5.41) is 0. The summed E-state index contributed by atoms with van der Waals surface area (Å²) in [6, 6.07) is 0. The third-order valence-electron chi connectivity index (χ3n) is 2.97. The number of ether oxygens (including phenoxy) is 1. The highest BCUT2D eigenvalue weighted by Crippen LogP contribution is 2.14. The Morgan fingerprint density at radius 2 is 1.95 bits per heavy atom. The van der Waals surface area contributed by atoms with Crippen molar-refractivity contribution < 1.29 is 9.53 Å². The molecule has 0 saturated carbocycles. The molecule has 1 amide bonds. The van der Waals surface area contributed by atoms with E-state index in [0.29, 0.717) is 36.6 Å². The highest BCUT2D eigenvalue weighted by Gasteiger charge is 2.26. The number of nitrogens with zero attached hydrogens (tertiary/aromatic N) is 3. The van der Waals surface area contributed by atoms with Crippen LogP contribution in [0, 0.1) is 0 Å². The molecule has 21 heavy (non-hydrogen) atoms. The standard InChI is InChI=1S/C13H19BrN4O3/c1-13(2,3)21-12(20)18-6-4-17(5-7-18)11-15-8-9(14)10(19)16-11/h8H,4-7H2,1-3H3,(H,15,16,19). The second-order valence-corrected chi connectivity index (χ2v) is 6.69. The third-order valence-corrected chi connectivity index (χ3v) is 3.54. The number of nitrogens with one attached hydrogen (secondary N) is 1. The molecule has 116 valence electrons. The predicted molar refractivity (Wildman–Crippen MR) is 82.6 cm³/mol. The fourth-order valence-electron chi connectivity index (χ4n) is 1.96.